The van der Waals surface area contributed by atoms with Gasteiger partial charge in [-0.2, -0.15) is 5.10 Å². The van der Waals surface area contributed by atoms with E-state index in [9.17, 15) is 14.4 Å². The molecule has 1 aromatic heterocycles. The van der Waals surface area contributed by atoms with Crippen LogP contribution in [0.5, 0.6) is 0 Å². The molecule has 2 heterocycles. The number of fused-ring (bicyclic) bond motifs is 1. The van der Waals surface area contributed by atoms with Crippen LogP contribution >= 0.6 is 11.3 Å². The van der Waals surface area contributed by atoms with Crippen LogP contribution in [0.3, 0.4) is 0 Å². The van der Waals surface area contributed by atoms with Gasteiger partial charge in [-0.05, 0) is 37.1 Å². The van der Waals surface area contributed by atoms with Crippen molar-refractivity contribution in [2.45, 2.75) is 19.8 Å². The van der Waals surface area contributed by atoms with Crippen LogP contribution in [0.25, 0.3) is 10.2 Å². The molecule has 0 unspecified atom stereocenters. The van der Waals surface area contributed by atoms with Crippen LogP contribution in [0.2, 0.25) is 0 Å². The number of ketones is 1. The van der Waals surface area contributed by atoms with Crippen LogP contribution in [0.15, 0.2) is 47.6 Å². The van der Waals surface area contributed by atoms with E-state index in [0.717, 1.165) is 9.60 Å². The van der Waals surface area contributed by atoms with Gasteiger partial charge in [-0.15, -0.1) is 11.3 Å². The molecule has 0 aliphatic carbocycles. The first kappa shape index (κ1) is 18.0. The van der Waals surface area contributed by atoms with E-state index in [4.69, 9.17) is 5.84 Å². The monoisotopic (exact) mass is 392 g/mol. The Kier molecular flexibility index (Phi) is 4.27. The zero-order valence-electron chi connectivity index (χ0n) is 15.2. The number of aromatic nitrogens is 1. The van der Waals surface area contributed by atoms with Crippen molar-refractivity contribution in [3.05, 3.63) is 58.6 Å². The van der Waals surface area contributed by atoms with Crippen molar-refractivity contribution in [2.75, 3.05) is 4.90 Å². The van der Waals surface area contributed by atoms with Gasteiger partial charge in [-0.25, -0.2) is 9.88 Å². The summed E-state index contributed by atoms with van der Waals surface area (Å²) in [5, 5.41) is 3.93. The van der Waals surface area contributed by atoms with E-state index in [2.05, 4.69) is 10.1 Å². The smallest absolute Gasteiger partial charge is 0.302 e. The maximum Gasteiger partial charge on any atom is 0.302 e. The Bertz CT molecular complexity index is 1130. The number of anilines is 1. The average Bonchev–Trinajstić information content (AvgIpc) is 3.10. The Morgan fingerprint density at radius 3 is 2.32 bits per heavy atom. The van der Waals surface area contributed by atoms with Crippen LogP contribution in [-0.2, 0) is 14.4 Å². The summed E-state index contributed by atoms with van der Waals surface area (Å²) in [6.07, 6.45) is 0. The number of carbonyl (C=O) groups is 3. The third-order valence-electron chi connectivity index (χ3n) is 4.73. The Labute approximate surface area is 164 Å². The fraction of sp³-hybridized carbons (Fsp3) is 0.150. The number of hydrazone groups is 1. The first-order chi connectivity index (χ1) is 13.4. The molecule has 140 valence electrons. The third-order valence-corrected chi connectivity index (χ3v) is 5.83. The Morgan fingerprint density at radius 1 is 1.00 bits per heavy atom. The molecule has 4 rings (SSSR count). The van der Waals surface area contributed by atoms with Crippen molar-refractivity contribution in [2.24, 2.45) is 10.9 Å². The summed E-state index contributed by atoms with van der Waals surface area (Å²) in [7, 11) is 0. The van der Waals surface area contributed by atoms with Gasteiger partial charge in [0, 0.05) is 0 Å². The number of piperidine rings is 1. The zero-order valence-corrected chi connectivity index (χ0v) is 16.0. The fourth-order valence-electron chi connectivity index (χ4n) is 3.42. The SMILES string of the molecule is Cc1cccc(C)c1N1C(=O)C(=O)[C@H](c2nc3ccccc3s2)/C(=N\N)C1=O. The maximum absolute atomic E-state index is 13.1. The highest BCUT2D eigenvalue weighted by atomic mass is 32.1. The highest BCUT2D eigenvalue weighted by molar-refractivity contribution is 7.19. The summed E-state index contributed by atoms with van der Waals surface area (Å²) in [5.74, 6) is 1.93. The lowest BCUT2D eigenvalue weighted by molar-refractivity contribution is -0.139. The number of para-hydroxylation sites is 2. The van der Waals surface area contributed by atoms with Gasteiger partial charge in [0.25, 0.3) is 5.91 Å². The van der Waals surface area contributed by atoms with Gasteiger partial charge in [-0.1, -0.05) is 30.3 Å². The van der Waals surface area contributed by atoms with Crippen LogP contribution in [0.1, 0.15) is 22.1 Å². The van der Waals surface area contributed by atoms with Crippen LogP contribution in [0, 0.1) is 13.8 Å². The van der Waals surface area contributed by atoms with Gasteiger partial charge in [0.15, 0.2) is 0 Å². The minimum Gasteiger partial charge on any atom is -0.323 e. The molecular formula is C20H16N4O3S. The van der Waals surface area contributed by atoms with E-state index in [1.807, 2.05) is 24.3 Å². The number of benzene rings is 2. The minimum atomic E-state index is -1.19. The molecule has 2 aromatic carbocycles. The van der Waals surface area contributed by atoms with E-state index in [1.54, 1.807) is 32.0 Å². The van der Waals surface area contributed by atoms with E-state index < -0.39 is 23.5 Å². The predicted octanol–water partition coefficient (Wildman–Crippen LogP) is 2.45. The highest BCUT2D eigenvalue weighted by Crippen LogP contribution is 2.35. The van der Waals surface area contributed by atoms with Gasteiger partial charge in [0.05, 0.1) is 15.9 Å². The lowest BCUT2D eigenvalue weighted by Crippen LogP contribution is -2.55. The van der Waals surface area contributed by atoms with Gasteiger partial charge < -0.3 is 5.84 Å². The molecular weight excluding hydrogens is 376 g/mol. The molecule has 0 saturated carbocycles. The summed E-state index contributed by atoms with van der Waals surface area (Å²) in [6, 6.07) is 12.7. The molecule has 3 aromatic rings. The Balaban J connectivity index is 1.85. The number of rotatable bonds is 2. The topological polar surface area (TPSA) is 106 Å². The fourth-order valence-corrected chi connectivity index (χ4v) is 4.49. The molecule has 1 aliphatic rings. The number of hydrogen-bond donors (Lipinski definition) is 1. The van der Waals surface area contributed by atoms with Gasteiger partial charge in [0.1, 0.15) is 16.6 Å². The Morgan fingerprint density at radius 2 is 1.68 bits per heavy atom. The molecule has 28 heavy (non-hydrogen) atoms. The second-order valence-electron chi connectivity index (χ2n) is 6.52. The molecule has 1 saturated heterocycles. The summed E-state index contributed by atoms with van der Waals surface area (Å²) in [4.78, 5) is 44.4. The number of carbonyl (C=O) groups excluding carboxylic acids is 3. The van der Waals surface area contributed by atoms with Gasteiger partial charge in [0.2, 0.25) is 5.78 Å². The van der Waals surface area contributed by atoms with Crippen LogP contribution < -0.4 is 10.7 Å². The van der Waals surface area contributed by atoms with Crippen LogP contribution in [-0.4, -0.2) is 28.3 Å². The molecule has 8 heteroatoms. The lowest BCUT2D eigenvalue weighted by Gasteiger charge is -2.30. The van der Waals surface area contributed by atoms with E-state index >= 15 is 0 Å². The van der Waals surface area contributed by atoms with Crippen molar-refractivity contribution in [3.8, 4) is 0 Å². The van der Waals surface area contributed by atoms with E-state index in [0.29, 0.717) is 27.3 Å². The number of hydrogen-bond acceptors (Lipinski definition) is 7. The maximum atomic E-state index is 13.1. The van der Waals surface area contributed by atoms with Gasteiger partial charge in [-0.3, -0.25) is 14.4 Å². The minimum absolute atomic E-state index is 0.189. The van der Waals surface area contributed by atoms with Crippen molar-refractivity contribution < 1.29 is 14.4 Å². The zero-order chi connectivity index (χ0) is 20.0. The van der Waals surface area contributed by atoms with Crippen molar-refractivity contribution in [1.82, 2.24) is 4.98 Å². The number of nitrogens with zero attached hydrogens (tertiary/aromatic N) is 3. The highest BCUT2D eigenvalue weighted by Gasteiger charge is 2.48. The first-order valence-corrected chi connectivity index (χ1v) is 9.37. The number of imide groups is 1. The summed E-state index contributed by atoms with van der Waals surface area (Å²) in [5.41, 5.74) is 2.28. The number of thiazole rings is 1. The van der Waals surface area contributed by atoms with Gasteiger partial charge >= 0.3 is 5.91 Å². The molecule has 2 amide bonds. The molecule has 1 aliphatic heterocycles. The molecule has 2 N–H and O–H groups in total. The third kappa shape index (κ3) is 2.61. The van der Waals surface area contributed by atoms with Crippen molar-refractivity contribution in [1.29, 1.82) is 0 Å². The summed E-state index contributed by atoms with van der Waals surface area (Å²) < 4.78 is 0.846. The number of Topliss-reactive ketones (excluding diaryl/α,β-unsaturated/α-hetero) is 1. The van der Waals surface area contributed by atoms with Crippen molar-refractivity contribution in [3.63, 3.8) is 0 Å². The molecule has 1 atom stereocenters. The first-order valence-electron chi connectivity index (χ1n) is 8.56. The second-order valence-corrected chi connectivity index (χ2v) is 7.58. The lowest BCUT2D eigenvalue weighted by atomic mass is 9.91. The number of amides is 2. The average molecular weight is 392 g/mol. The number of nitrogens with two attached hydrogens (primary N) is 1. The number of aryl methyl sites for hydroxylation is 2. The standard InChI is InChI=1S/C20H16N4O3S/c1-10-6-5-7-11(2)16(10)24-19(26)15(23-21)14(17(25)20(24)27)18-22-12-8-3-4-9-13(12)28-18/h3-9,14H,21H2,1-2H3/b23-15+/t14-/m1/s1. The summed E-state index contributed by atoms with van der Waals surface area (Å²) in [6.45, 7) is 3.54. The van der Waals surface area contributed by atoms with E-state index in [-0.39, 0.29) is 5.71 Å². The van der Waals surface area contributed by atoms with Crippen molar-refractivity contribution >= 4 is 50.6 Å². The molecule has 0 radical (unpaired) electrons. The largest absolute Gasteiger partial charge is 0.323 e. The predicted molar refractivity (Wildman–Crippen MR) is 107 cm³/mol. The molecule has 0 bridgehead atoms. The summed E-state index contributed by atoms with van der Waals surface area (Å²) >= 11 is 1.24. The molecule has 0 spiro atoms. The molecule has 7 nitrogen and oxygen atoms in total. The Hall–Kier alpha value is -3.39. The van der Waals surface area contributed by atoms with E-state index in [1.165, 1.54) is 11.3 Å². The molecule has 1 fully saturated rings. The quantitative estimate of drug-likeness (QED) is 0.312. The normalized spacial score (nSPS) is 19.1. The second kappa shape index (κ2) is 6.65. The van der Waals surface area contributed by atoms with Crippen LogP contribution in [0.4, 0.5) is 5.69 Å².